The number of phosphoric acid groups is 2. The first kappa shape index (κ1) is 112. The number of esters is 3. The number of ether oxygens (including phenoxy) is 3. The molecule has 16 nitrogen and oxygen atoms in total. The predicted molar refractivity (Wildman–Crippen MR) is 491 cm³/mol. The van der Waals surface area contributed by atoms with Gasteiger partial charge in [-0.3, -0.25) is 32.5 Å². The monoisotopic (exact) mass is 1680 g/mol. The van der Waals surface area contributed by atoms with Crippen molar-refractivity contribution in [1.82, 2.24) is 0 Å². The van der Waals surface area contributed by atoms with Gasteiger partial charge in [0.25, 0.3) is 0 Å². The third kappa shape index (κ3) is 92.0. The van der Waals surface area contributed by atoms with Crippen LogP contribution >= 0.6 is 15.6 Å². The highest BCUT2D eigenvalue weighted by Gasteiger charge is 2.29. The molecule has 0 saturated heterocycles. The van der Waals surface area contributed by atoms with Crippen molar-refractivity contribution in [2.24, 2.45) is 0 Å². The molecular formula is C99H172O16P2. The van der Waals surface area contributed by atoms with Gasteiger partial charge in [-0.15, -0.1) is 0 Å². The molecule has 18 heteroatoms. The zero-order valence-corrected chi connectivity index (χ0v) is 76.1. The van der Waals surface area contributed by atoms with Crippen LogP contribution < -0.4 is 0 Å². The SMILES string of the molecule is CCCCC/C=C\C/C=C\C/C=C\C/C=C\CCCCCCCCCCCCCCCCCCCC(=O)OCC(O)COP(=O)(O)OCC(O)COP(=O)(O)OCC(COC(=O)CCCCCCCCCCC/C=C\C/C=C\C/C=C\C/C=C\CCCCC)OC(=O)CCCCCCCCC/C=C\C/C=C\C/C=C\C/C=C\CCCCC. The van der Waals surface area contributed by atoms with E-state index in [-0.39, 0.29) is 19.3 Å². The number of hydrogen-bond donors (Lipinski definition) is 4. The van der Waals surface area contributed by atoms with Gasteiger partial charge in [0.1, 0.15) is 25.4 Å². The molecule has 0 saturated carbocycles. The van der Waals surface area contributed by atoms with E-state index in [1.54, 1.807) is 0 Å². The van der Waals surface area contributed by atoms with Crippen molar-refractivity contribution in [2.75, 3.05) is 39.6 Å². The average Bonchev–Trinajstić information content (AvgIpc) is 0.896. The summed E-state index contributed by atoms with van der Waals surface area (Å²) in [6, 6.07) is 0. The van der Waals surface area contributed by atoms with Gasteiger partial charge >= 0.3 is 33.6 Å². The number of hydrogen-bond acceptors (Lipinski definition) is 14. The molecule has 0 aliphatic rings. The van der Waals surface area contributed by atoms with Crippen LogP contribution in [0.1, 0.15) is 406 Å². The molecule has 0 heterocycles. The minimum absolute atomic E-state index is 0.0880. The molecule has 0 amide bonds. The van der Waals surface area contributed by atoms with E-state index in [1.165, 1.54) is 193 Å². The fourth-order valence-electron chi connectivity index (χ4n) is 12.8. The van der Waals surface area contributed by atoms with Crippen LogP contribution in [-0.2, 0) is 55.8 Å². The molecular weight excluding hydrogens is 1510 g/mol. The molecule has 0 fully saturated rings. The van der Waals surface area contributed by atoms with E-state index in [2.05, 4.69) is 167 Å². The van der Waals surface area contributed by atoms with Gasteiger partial charge in [0.15, 0.2) is 6.10 Å². The summed E-state index contributed by atoms with van der Waals surface area (Å²) >= 11 is 0. The van der Waals surface area contributed by atoms with Crippen molar-refractivity contribution >= 4 is 33.6 Å². The Labute approximate surface area is 715 Å². The molecule has 0 radical (unpaired) electrons. The summed E-state index contributed by atoms with van der Waals surface area (Å²) in [6.07, 6.45) is 115. The van der Waals surface area contributed by atoms with Crippen LogP contribution in [0.4, 0.5) is 0 Å². The van der Waals surface area contributed by atoms with E-state index < -0.39 is 91.5 Å². The van der Waals surface area contributed by atoms with Gasteiger partial charge in [-0.25, -0.2) is 9.13 Å². The van der Waals surface area contributed by atoms with Gasteiger partial charge in [-0.05, 0) is 154 Å². The highest BCUT2D eigenvalue weighted by molar-refractivity contribution is 7.47. The Morgan fingerprint density at radius 1 is 0.239 bits per heavy atom. The van der Waals surface area contributed by atoms with Crippen LogP contribution in [0.25, 0.3) is 0 Å². The lowest BCUT2D eigenvalue weighted by Crippen LogP contribution is -2.30. The topological polar surface area (TPSA) is 231 Å². The Balaban J connectivity index is 4.58. The van der Waals surface area contributed by atoms with Crippen LogP contribution in [0, 0.1) is 0 Å². The van der Waals surface area contributed by atoms with E-state index in [9.17, 15) is 43.5 Å². The first-order chi connectivity index (χ1) is 57.2. The van der Waals surface area contributed by atoms with Gasteiger partial charge in [0.05, 0.1) is 26.4 Å². The van der Waals surface area contributed by atoms with E-state index in [1.807, 2.05) is 0 Å². The lowest BCUT2D eigenvalue weighted by atomic mass is 10.0. The standard InChI is InChI=1S/C99H172O16P2/c1-4-7-10-13-16-19-22-25-28-31-34-37-40-42-43-44-45-46-47-48-49-51-54-55-58-61-64-67-70-73-76-79-82-85-97(102)109-88-94(100)89-111-116(105,106)112-90-95(101)91-113-117(107,108)114-93-96(115-99(104)87-84-81-78-75-72-69-66-63-60-57-52-39-36-33-30-27-24-21-18-15-12-9-6-3)92-110-98(103)86-83-80-77-74-71-68-65-62-59-56-53-50-41-38-35-32-29-26-23-20-17-14-11-8-5-2/h16-21,25-30,34-39,42-43,50,53,57,60,94-96,100-101H,4-15,22-24,31-33,40-41,44-49,51-52,54-56,58-59,61-93H2,1-3H3,(H,105,106)(H,107,108)/b19-16-,20-17-,21-18-,28-25-,29-26-,30-27-,37-34-,38-35-,39-36-,43-42-,53-50-,60-57-. The normalized spacial score (nSPS) is 14.4. The first-order valence-corrected chi connectivity index (χ1v) is 50.1. The number of allylic oxidation sites excluding steroid dienone is 24. The number of unbranched alkanes of at least 4 members (excludes halogenated alkanes) is 42. The van der Waals surface area contributed by atoms with Crippen LogP contribution in [0.5, 0.6) is 0 Å². The van der Waals surface area contributed by atoms with E-state index in [4.69, 9.17) is 32.3 Å². The van der Waals surface area contributed by atoms with Gasteiger partial charge in [0, 0.05) is 19.3 Å². The fraction of sp³-hybridized carbons (Fsp3) is 0.727. The van der Waals surface area contributed by atoms with Crippen LogP contribution in [0.15, 0.2) is 146 Å². The predicted octanol–water partition coefficient (Wildman–Crippen LogP) is 29.1. The van der Waals surface area contributed by atoms with Crippen LogP contribution in [0.2, 0.25) is 0 Å². The Bertz CT molecular complexity index is 2710. The van der Waals surface area contributed by atoms with Crippen molar-refractivity contribution in [3.05, 3.63) is 146 Å². The number of aliphatic hydroxyl groups excluding tert-OH is 2. The van der Waals surface area contributed by atoms with Crippen molar-refractivity contribution in [2.45, 2.75) is 424 Å². The zero-order valence-electron chi connectivity index (χ0n) is 74.3. The highest BCUT2D eigenvalue weighted by atomic mass is 31.2. The summed E-state index contributed by atoms with van der Waals surface area (Å²) in [5, 5.41) is 20.7. The minimum Gasteiger partial charge on any atom is -0.463 e. The molecule has 0 rings (SSSR count). The summed E-state index contributed by atoms with van der Waals surface area (Å²) in [7, 11) is -9.81. The fourth-order valence-corrected chi connectivity index (χ4v) is 14.4. The molecule has 4 N–H and O–H groups in total. The van der Waals surface area contributed by atoms with Gasteiger partial charge in [-0.2, -0.15) is 0 Å². The summed E-state index contributed by atoms with van der Waals surface area (Å²) in [6.45, 7) is 2.64. The lowest BCUT2D eigenvalue weighted by molar-refractivity contribution is -0.161. The number of carbonyl (C=O) groups is 3. The number of carbonyl (C=O) groups excluding carboxylic acids is 3. The third-order valence-corrected chi connectivity index (χ3v) is 21.9. The second-order valence-electron chi connectivity index (χ2n) is 31.5. The first-order valence-electron chi connectivity index (χ1n) is 47.1. The van der Waals surface area contributed by atoms with Gasteiger partial charge < -0.3 is 34.2 Å². The van der Waals surface area contributed by atoms with Crippen LogP contribution in [0.3, 0.4) is 0 Å². The molecule has 0 bridgehead atoms. The minimum atomic E-state index is -4.95. The Hall–Kier alpha value is -4.57. The van der Waals surface area contributed by atoms with Gasteiger partial charge in [0.2, 0.25) is 0 Å². The van der Waals surface area contributed by atoms with Crippen molar-refractivity contribution in [3.63, 3.8) is 0 Å². The van der Waals surface area contributed by atoms with E-state index in [0.29, 0.717) is 19.3 Å². The highest BCUT2D eigenvalue weighted by Crippen LogP contribution is 2.45. The maximum Gasteiger partial charge on any atom is 0.472 e. The second-order valence-corrected chi connectivity index (χ2v) is 34.4. The quantitative estimate of drug-likeness (QED) is 0.0146. The molecule has 0 aliphatic heterocycles. The summed E-state index contributed by atoms with van der Waals surface area (Å²) in [4.78, 5) is 59.0. The van der Waals surface area contributed by atoms with Crippen molar-refractivity contribution in [1.29, 1.82) is 0 Å². The maximum absolute atomic E-state index is 13.1. The number of rotatable bonds is 89. The van der Waals surface area contributed by atoms with Crippen molar-refractivity contribution < 1.29 is 75.8 Å². The Kier molecular flexibility index (Phi) is 87.1. The van der Waals surface area contributed by atoms with E-state index in [0.717, 1.165) is 154 Å². The van der Waals surface area contributed by atoms with Crippen molar-refractivity contribution in [3.8, 4) is 0 Å². The molecule has 0 spiro atoms. The maximum atomic E-state index is 13.1. The molecule has 0 aromatic heterocycles. The van der Waals surface area contributed by atoms with Gasteiger partial charge in [-0.1, -0.05) is 378 Å². The zero-order chi connectivity index (χ0) is 85.1. The summed E-state index contributed by atoms with van der Waals surface area (Å²) in [5.41, 5.74) is 0. The Morgan fingerprint density at radius 3 is 0.675 bits per heavy atom. The second kappa shape index (κ2) is 90.7. The molecule has 0 aromatic rings. The number of aliphatic hydroxyl groups is 2. The molecule has 0 aromatic carbocycles. The molecule has 117 heavy (non-hydrogen) atoms. The summed E-state index contributed by atoms with van der Waals surface area (Å²) in [5.74, 6) is -1.58. The molecule has 0 aliphatic carbocycles. The smallest absolute Gasteiger partial charge is 0.463 e. The summed E-state index contributed by atoms with van der Waals surface area (Å²) < 4.78 is 61.5. The Morgan fingerprint density at radius 2 is 0.427 bits per heavy atom. The molecule has 5 unspecified atom stereocenters. The van der Waals surface area contributed by atoms with Crippen LogP contribution in [-0.4, -0.2) is 95.9 Å². The third-order valence-electron chi connectivity index (χ3n) is 20.0. The number of phosphoric ester groups is 2. The van der Waals surface area contributed by atoms with E-state index >= 15 is 0 Å². The molecule has 5 atom stereocenters. The lowest BCUT2D eigenvalue weighted by Gasteiger charge is -2.21. The molecule has 674 valence electrons. The largest absolute Gasteiger partial charge is 0.472 e. The average molecular weight is 1680 g/mol.